The highest BCUT2D eigenvalue weighted by molar-refractivity contribution is 7.79. The molecule has 0 spiro atoms. The number of aryl methyl sites for hydroxylation is 1. The number of hydrogen-bond donors (Lipinski definition) is 1. The van der Waals surface area contributed by atoms with E-state index in [-0.39, 0.29) is 5.41 Å². The highest BCUT2D eigenvalue weighted by Crippen LogP contribution is 2.42. The molecule has 5 rings (SSSR count). The minimum absolute atomic E-state index is 0.118. The summed E-state index contributed by atoms with van der Waals surface area (Å²) in [6.07, 6.45) is 4.59. The molecule has 7 nitrogen and oxygen atoms in total. The van der Waals surface area contributed by atoms with Crippen molar-refractivity contribution in [3.63, 3.8) is 0 Å². The standard InChI is InChI=1S/C29H29N2O.H2O4S/c1-29(2)24-19-21(32-5)15-17-26(24)30(3)27(29)18-16-23-22-13-9-10-14-25(22)31(4)28(23)20-11-7-6-8-12-20;1-5(2,3)4/h6-19H,1-5H3;(H2,1,2,3,4)/q+1;/p-1. The van der Waals surface area contributed by atoms with Gasteiger partial charge in [0.05, 0.1) is 18.2 Å². The summed E-state index contributed by atoms with van der Waals surface area (Å²) in [4.78, 5) is 0. The van der Waals surface area contributed by atoms with Crippen LogP contribution in [0.3, 0.4) is 0 Å². The first-order chi connectivity index (χ1) is 17.4. The lowest BCUT2D eigenvalue weighted by molar-refractivity contribution is -0.401. The number of aromatic nitrogens is 1. The van der Waals surface area contributed by atoms with E-state index in [1.54, 1.807) is 7.11 Å². The number of benzene rings is 3. The highest BCUT2D eigenvalue weighted by atomic mass is 32.3. The Balaban J connectivity index is 0.000000586. The van der Waals surface area contributed by atoms with E-state index in [1.165, 1.54) is 44.7 Å². The minimum Gasteiger partial charge on any atom is -0.726 e. The molecule has 37 heavy (non-hydrogen) atoms. The molecule has 0 atom stereocenters. The van der Waals surface area contributed by atoms with E-state index in [9.17, 15) is 0 Å². The number of para-hydroxylation sites is 1. The molecule has 0 saturated heterocycles. The van der Waals surface area contributed by atoms with Crippen LogP contribution in [0.2, 0.25) is 0 Å². The lowest BCUT2D eigenvalue weighted by Crippen LogP contribution is -2.26. The average Bonchev–Trinajstić information content (AvgIpc) is 3.24. The molecular formula is C29H30N2O5S. The molecule has 0 amide bonds. The molecule has 0 saturated carbocycles. The third-order valence-corrected chi connectivity index (χ3v) is 6.84. The number of methoxy groups -OCH3 is 1. The van der Waals surface area contributed by atoms with Crippen molar-refractivity contribution in [1.29, 1.82) is 0 Å². The molecule has 4 aromatic rings. The second kappa shape index (κ2) is 9.97. The average molecular weight is 519 g/mol. The van der Waals surface area contributed by atoms with Gasteiger partial charge < -0.3 is 13.9 Å². The Hall–Kier alpha value is -3.72. The molecule has 1 aromatic heterocycles. The molecule has 3 aromatic carbocycles. The van der Waals surface area contributed by atoms with Crippen molar-refractivity contribution in [3.05, 3.63) is 90.0 Å². The van der Waals surface area contributed by atoms with Gasteiger partial charge in [-0.2, -0.15) is 4.58 Å². The first kappa shape index (κ1) is 26.3. The van der Waals surface area contributed by atoms with Gasteiger partial charge in [0.2, 0.25) is 16.1 Å². The van der Waals surface area contributed by atoms with Crippen molar-refractivity contribution >= 4 is 38.8 Å². The van der Waals surface area contributed by atoms with Crippen LogP contribution in [-0.2, 0) is 22.9 Å². The van der Waals surface area contributed by atoms with Crippen LogP contribution in [0.25, 0.3) is 28.2 Å². The van der Waals surface area contributed by atoms with Crippen molar-refractivity contribution in [1.82, 2.24) is 4.57 Å². The normalized spacial score (nSPS) is 14.6. The predicted molar refractivity (Wildman–Crippen MR) is 147 cm³/mol. The number of rotatable bonds is 4. The lowest BCUT2D eigenvalue weighted by atomic mass is 9.81. The molecule has 0 aliphatic carbocycles. The Kier molecular flexibility index (Phi) is 7.10. The van der Waals surface area contributed by atoms with Crippen molar-refractivity contribution < 1.29 is 26.8 Å². The summed E-state index contributed by atoms with van der Waals surface area (Å²) in [5.41, 5.74) is 8.63. The van der Waals surface area contributed by atoms with Crippen LogP contribution in [-0.4, -0.2) is 46.5 Å². The second-order valence-corrected chi connectivity index (χ2v) is 10.3. The molecule has 0 bridgehead atoms. The van der Waals surface area contributed by atoms with E-state index in [0.717, 1.165) is 5.75 Å². The minimum atomic E-state index is -4.92. The smallest absolute Gasteiger partial charge is 0.215 e. The molecule has 192 valence electrons. The van der Waals surface area contributed by atoms with Crippen molar-refractivity contribution in [2.24, 2.45) is 7.05 Å². The summed E-state index contributed by atoms with van der Waals surface area (Å²) in [6, 6.07) is 25.7. The Morgan fingerprint density at radius 1 is 1.00 bits per heavy atom. The van der Waals surface area contributed by atoms with Gasteiger partial charge in [-0.25, -0.2) is 8.42 Å². The van der Waals surface area contributed by atoms with Crippen LogP contribution in [0.15, 0.2) is 78.9 Å². The summed E-state index contributed by atoms with van der Waals surface area (Å²) in [6.45, 7) is 4.57. The Morgan fingerprint density at radius 2 is 1.62 bits per heavy atom. The van der Waals surface area contributed by atoms with E-state index in [1.807, 2.05) is 6.07 Å². The quantitative estimate of drug-likeness (QED) is 0.216. The number of allylic oxidation sites excluding steroid dienone is 1. The molecule has 1 N–H and O–H groups in total. The summed E-state index contributed by atoms with van der Waals surface area (Å²) in [5, 5.41) is 1.27. The molecule has 8 heteroatoms. The highest BCUT2D eigenvalue weighted by Gasteiger charge is 2.43. The van der Waals surface area contributed by atoms with Gasteiger partial charge in [-0.1, -0.05) is 48.5 Å². The summed E-state index contributed by atoms with van der Waals surface area (Å²) >= 11 is 0. The van der Waals surface area contributed by atoms with E-state index in [2.05, 4.69) is 116 Å². The maximum atomic E-state index is 8.63. The van der Waals surface area contributed by atoms with Gasteiger partial charge in [0, 0.05) is 41.2 Å². The van der Waals surface area contributed by atoms with Crippen LogP contribution in [0, 0.1) is 0 Å². The zero-order valence-electron chi connectivity index (χ0n) is 21.5. The molecule has 2 heterocycles. The lowest BCUT2D eigenvalue weighted by Gasteiger charge is -2.16. The largest absolute Gasteiger partial charge is 0.726 e. The molecule has 0 unspecified atom stereocenters. The van der Waals surface area contributed by atoms with Gasteiger partial charge >= 0.3 is 0 Å². The molecule has 1 aliphatic rings. The van der Waals surface area contributed by atoms with E-state index < -0.39 is 10.4 Å². The monoisotopic (exact) mass is 518 g/mol. The maximum absolute atomic E-state index is 8.63. The first-order valence-corrected chi connectivity index (χ1v) is 13.1. The molecule has 0 fully saturated rings. The third kappa shape index (κ3) is 5.22. The fraction of sp³-hybridized carbons (Fsp3) is 0.207. The first-order valence-electron chi connectivity index (χ1n) is 11.7. The molecular weight excluding hydrogens is 488 g/mol. The topological polar surface area (TPSA) is 94.6 Å². The van der Waals surface area contributed by atoms with Crippen molar-refractivity contribution in [2.75, 3.05) is 14.2 Å². The zero-order valence-corrected chi connectivity index (χ0v) is 22.3. The predicted octanol–water partition coefficient (Wildman–Crippen LogP) is 5.58. The molecule has 1 aliphatic heterocycles. The number of ether oxygens (including phenoxy) is 1. The number of fused-ring (bicyclic) bond motifs is 2. The number of nitrogens with zero attached hydrogens (tertiary/aromatic N) is 2. The fourth-order valence-corrected chi connectivity index (χ4v) is 5.14. The van der Waals surface area contributed by atoms with Crippen LogP contribution < -0.4 is 4.74 Å². The second-order valence-electron chi connectivity index (χ2n) is 9.42. The molecule has 0 radical (unpaired) electrons. The number of hydrogen-bond acceptors (Lipinski definition) is 4. The SMILES string of the molecule is COc1ccc2c(c1)C(C)(C)C(C=Cc1c(-c3ccccc3)n(C)c3ccccc13)=[N+]2C.O=S(=O)([O-])O. The zero-order chi connectivity index (χ0) is 27.0. The van der Waals surface area contributed by atoms with Crippen LogP contribution in [0.5, 0.6) is 5.75 Å². The van der Waals surface area contributed by atoms with E-state index >= 15 is 0 Å². The van der Waals surface area contributed by atoms with E-state index in [0.29, 0.717) is 0 Å². The van der Waals surface area contributed by atoms with Gasteiger partial charge in [0.15, 0.2) is 5.71 Å². The summed E-state index contributed by atoms with van der Waals surface area (Å²) in [5.74, 6) is 0.899. The van der Waals surface area contributed by atoms with Gasteiger partial charge in [0.1, 0.15) is 12.8 Å². The van der Waals surface area contributed by atoms with Crippen LogP contribution in [0.1, 0.15) is 25.0 Å². The van der Waals surface area contributed by atoms with Gasteiger partial charge in [0.25, 0.3) is 0 Å². The van der Waals surface area contributed by atoms with E-state index in [4.69, 9.17) is 22.3 Å². The van der Waals surface area contributed by atoms with Crippen LogP contribution in [0.4, 0.5) is 5.69 Å². The Bertz CT molecular complexity index is 1620. The van der Waals surface area contributed by atoms with Gasteiger partial charge in [-0.15, -0.1) is 0 Å². The summed E-state index contributed by atoms with van der Waals surface area (Å²) < 4.78 is 42.9. The fourth-order valence-electron chi connectivity index (χ4n) is 5.14. The Labute approximate surface area is 217 Å². The summed E-state index contributed by atoms with van der Waals surface area (Å²) in [7, 11) is 1.12. The third-order valence-electron chi connectivity index (χ3n) is 6.84. The maximum Gasteiger partial charge on any atom is 0.215 e. The van der Waals surface area contributed by atoms with Crippen LogP contribution >= 0.6 is 0 Å². The van der Waals surface area contributed by atoms with Crippen molar-refractivity contribution in [3.8, 4) is 17.0 Å². The van der Waals surface area contributed by atoms with Crippen molar-refractivity contribution in [2.45, 2.75) is 19.3 Å². The van der Waals surface area contributed by atoms with Gasteiger partial charge in [-0.3, -0.25) is 4.55 Å². The Morgan fingerprint density at radius 3 is 2.27 bits per heavy atom. The van der Waals surface area contributed by atoms with Gasteiger partial charge in [-0.05, 0) is 43.7 Å².